The molecule has 0 aromatic rings. The number of hydrogen-bond donors (Lipinski definition) is 8. The Morgan fingerprint density at radius 1 is 0.714 bits per heavy atom. The number of nitrogens with two attached hydrogens (primary N) is 3. The molecule has 15 nitrogen and oxygen atoms in total. The van der Waals surface area contributed by atoms with Crippen LogP contribution in [0.4, 0.5) is 0 Å². The fourth-order valence-electron chi connectivity index (χ4n) is 2.88. The summed E-state index contributed by atoms with van der Waals surface area (Å²) in [5, 5.41) is 25.1. The Balaban J connectivity index is 5.51. The van der Waals surface area contributed by atoms with Gasteiger partial charge < -0.3 is 43.4 Å². The fourth-order valence-corrected chi connectivity index (χ4v) is 2.88. The average molecular weight is 503 g/mol. The second-order valence-electron chi connectivity index (χ2n) is 8.37. The summed E-state index contributed by atoms with van der Waals surface area (Å²) < 4.78 is 0. The molecular formula is C20H34N6O9. The number of carboxylic acid groups (broad SMARTS) is 2. The van der Waals surface area contributed by atoms with Gasteiger partial charge >= 0.3 is 11.9 Å². The highest BCUT2D eigenvalue weighted by Crippen LogP contribution is 2.08. The topological polar surface area (TPSA) is 274 Å². The van der Waals surface area contributed by atoms with E-state index in [0.29, 0.717) is 0 Å². The van der Waals surface area contributed by atoms with E-state index in [9.17, 15) is 38.7 Å². The van der Waals surface area contributed by atoms with Crippen LogP contribution >= 0.6 is 0 Å². The van der Waals surface area contributed by atoms with Crippen molar-refractivity contribution < 1.29 is 43.8 Å². The molecule has 0 aliphatic heterocycles. The first kappa shape index (κ1) is 31.2. The lowest BCUT2D eigenvalue weighted by atomic mass is 10.0. The molecule has 0 bridgehead atoms. The molecule has 5 amide bonds. The molecule has 0 saturated heterocycles. The maximum Gasteiger partial charge on any atom is 0.326 e. The predicted molar refractivity (Wildman–Crippen MR) is 120 cm³/mol. The maximum absolute atomic E-state index is 12.8. The first-order valence-electron chi connectivity index (χ1n) is 10.8. The Labute approximate surface area is 201 Å². The zero-order valence-electron chi connectivity index (χ0n) is 19.6. The first-order chi connectivity index (χ1) is 16.1. The second kappa shape index (κ2) is 15.2. The molecule has 0 radical (unpaired) electrons. The van der Waals surface area contributed by atoms with E-state index >= 15 is 0 Å². The Morgan fingerprint density at radius 3 is 1.63 bits per heavy atom. The Bertz CT molecular complexity index is 817. The van der Waals surface area contributed by atoms with Crippen LogP contribution in [0.1, 0.15) is 52.4 Å². The van der Waals surface area contributed by atoms with Crippen molar-refractivity contribution in [1.29, 1.82) is 0 Å². The second-order valence-corrected chi connectivity index (χ2v) is 8.37. The van der Waals surface area contributed by atoms with Crippen molar-refractivity contribution >= 4 is 41.5 Å². The van der Waals surface area contributed by atoms with Gasteiger partial charge in [0.2, 0.25) is 29.5 Å². The summed E-state index contributed by atoms with van der Waals surface area (Å²) in [4.78, 5) is 82.2. The number of carbonyl (C=O) groups is 7. The van der Waals surface area contributed by atoms with E-state index in [1.54, 1.807) is 13.8 Å². The zero-order valence-corrected chi connectivity index (χ0v) is 19.6. The molecule has 4 unspecified atom stereocenters. The molecular weight excluding hydrogens is 468 g/mol. The largest absolute Gasteiger partial charge is 0.481 e. The minimum Gasteiger partial charge on any atom is -0.481 e. The molecule has 0 aliphatic carbocycles. The first-order valence-corrected chi connectivity index (χ1v) is 10.8. The van der Waals surface area contributed by atoms with Gasteiger partial charge in [-0.05, 0) is 25.2 Å². The van der Waals surface area contributed by atoms with Gasteiger partial charge in [0.05, 0.1) is 12.5 Å². The standard InChI is InChI=1S/C20H34N6O9/c1-9(2)7-12(18(32)24-11(20(34)35)4-6-15(23)28)26-19(33)13(8-16(29)30)25-17(31)10(21)3-5-14(22)27/h9-13H,3-8,21H2,1-2H3,(H2,22,27)(H2,23,28)(H,24,32)(H,25,31)(H,26,33)(H,29,30)(H,34,35). The van der Waals surface area contributed by atoms with Crippen LogP contribution in [-0.4, -0.2) is 75.9 Å². The van der Waals surface area contributed by atoms with E-state index in [-0.39, 0.29) is 38.0 Å². The lowest BCUT2D eigenvalue weighted by Gasteiger charge is -2.25. The fraction of sp³-hybridized carbons (Fsp3) is 0.650. The van der Waals surface area contributed by atoms with Gasteiger partial charge in [0.15, 0.2) is 0 Å². The normalized spacial score (nSPS) is 14.2. The van der Waals surface area contributed by atoms with Gasteiger partial charge in [-0.2, -0.15) is 0 Å². The van der Waals surface area contributed by atoms with Gasteiger partial charge in [-0.25, -0.2) is 4.79 Å². The highest BCUT2D eigenvalue weighted by molar-refractivity contribution is 5.95. The van der Waals surface area contributed by atoms with Crippen LogP contribution in [0.3, 0.4) is 0 Å². The Kier molecular flexibility index (Phi) is 13.6. The lowest BCUT2D eigenvalue weighted by molar-refractivity contribution is -0.143. The van der Waals surface area contributed by atoms with Crippen molar-refractivity contribution in [2.75, 3.05) is 0 Å². The van der Waals surface area contributed by atoms with Gasteiger partial charge in [-0.15, -0.1) is 0 Å². The summed E-state index contributed by atoms with van der Waals surface area (Å²) in [6, 6.07) is -5.61. The van der Waals surface area contributed by atoms with Crippen molar-refractivity contribution in [2.24, 2.45) is 23.1 Å². The van der Waals surface area contributed by atoms with Crippen molar-refractivity contribution in [3.63, 3.8) is 0 Å². The average Bonchev–Trinajstić information content (AvgIpc) is 2.72. The third-order valence-electron chi connectivity index (χ3n) is 4.68. The molecule has 198 valence electrons. The van der Waals surface area contributed by atoms with Crippen LogP contribution in [0.2, 0.25) is 0 Å². The van der Waals surface area contributed by atoms with Gasteiger partial charge in [0, 0.05) is 12.8 Å². The van der Waals surface area contributed by atoms with Gasteiger partial charge in [-0.1, -0.05) is 13.8 Å². The number of aliphatic carboxylic acids is 2. The highest BCUT2D eigenvalue weighted by Gasteiger charge is 2.32. The zero-order chi connectivity index (χ0) is 27.3. The number of amides is 5. The van der Waals surface area contributed by atoms with Crippen LogP contribution in [0.5, 0.6) is 0 Å². The van der Waals surface area contributed by atoms with Crippen molar-refractivity contribution in [1.82, 2.24) is 16.0 Å². The van der Waals surface area contributed by atoms with E-state index in [1.807, 2.05) is 0 Å². The predicted octanol–water partition coefficient (Wildman–Crippen LogP) is -3.10. The van der Waals surface area contributed by atoms with Crippen molar-refractivity contribution in [2.45, 2.75) is 76.5 Å². The molecule has 0 fully saturated rings. The third-order valence-corrected chi connectivity index (χ3v) is 4.68. The maximum atomic E-state index is 12.8. The van der Waals surface area contributed by atoms with Gasteiger partial charge in [0.25, 0.3) is 0 Å². The van der Waals surface area contributed by atoms with Crippen molar-refractivity contribution in [3.05, 3.63) is 0 Å². The number of carbonyl (C=O) groups excluding carboxylic acids is 5. The number of primary amides is 2. The number of carboxylic acids is 2. The summed E-state index contributed by atoms with van der Waals surface area (Å²) >= 11 is 0. The minimum atomic E-state index is -1.62. The summed E-state index contributed by atoms with van der Waals surface area (Å²) in [6.45, 7) is 3.45. The molecule has 0 aromatic carbocycles. The number of nitrogens with one attached hydrogen (secondary N) is 3. The number of hydrogen-bond acceptors (Lipinski definition) is 8. The van der Waals surface area contributed by atoms with E-state index < -0.39 is 72.1 Å². The molecule has 0 saturated carbocycles. The number of rotatable bonds is 17. The van der Waals surface area contributed by atoms with E-state index in [2.05, 4.69) is 16.0 Å². The molecule has 0 spiro atoms. The molecule has 0 aliphatic rings. The van der Waals surface area contributed by atoms with E-state index in [4.69, 9.17) is 22.3 Å². The van der Waals surface area contributed by atoms with Crippen LogP contribution < -0.4 is 33.2 Å². The molecule has 0 heterocycles. The smallest absolute Gasteiger partial charge is 0.326 e. The SMILES string of the molecule is CC(C)CC(NC(=O)C(CC(=O)O)NC(=O)C(N)CCC(N)=O)C(=O)NC(CCC(N)=O)C(=O)O. The molecule has 35 heavy (non-hydrogen) atoms. The van der Waals surface area contributed by atoms with E-state index in [0.717, 1.165) is 0 Å². The van der Waals surface area contributed by atoms with Crippen LogP contribution in [-0.2, 0) is 33.6 Å². The Morgan fingerprint density at radius 2 is 1.17 bits per heavy atom. The minimum absolute atomic E-state index is 0.0472. The van der Waals surface area contributed by atoms with Crippen LogP contribution in [0.25, 0.3) is 0 Å². The van der Waals surface area contributed by atoms with Crippen LogP contribution in [0, 0.1) is 5.92 Å². The summed E-state index contributed by atoms with van der Waals surface area (Å²) in [5.74, 6) is -7.29. The van der Waals surface area contributed by atoms with Gasteiger partial charge in [0.1, 0.15) is 18.1 Å². The monoisotopic (exact) mass is 502 g/mol. The molecule has 4 atom stereocenters. The summed E-state index contributed by atoms with van der Waals surface area (Å²) in [7, 11) is 0. The van der Waals surface area contributed by atoms with E-state index in [1.165, 1.54) is 0 Å². The molecule has 11 N–H and O–H groups in total. The molecule has 15 heteroatoms. The Hall–Kier alpha value is -3.75. The summed E-state index contributed by atoms with van der Waals surface area (Å²) in [6.07, 6.45) is -1.72. The molecule has 0 aromatic heterocycles. The van der Waals surface area contributed by atoms with Crippen LogP contribution in [0.15, 0.2) is 0 Å². The summed E-state index contributed by atoms with van der Waals surface area (Å²) in [5.41, 5.74) is 15.7. The van der Waals surface area contributed by atoms with Crippen molar-refractivity contribution in [3.8, 4) is 0 Å². The quantitative estimate of drug-likeness (QED) is 0.0991. The third kappa shape index (κ3) is 13.5. The molecule has 0 rings (SSSR count). The van der Waals surface area contributed by atoms with Gasteiger partial charge in [-0.3, -0.25) is 28.8 Å². The highest BCUT2D eigenvalue weighted by atomic mass is 16.4. The lowest BCUT2D eigenvalue weighted by Crippen LogP contribution is -2.57.